The largest absolute Gasteiger partial charge is 0.480 e. The molecule has 190 valence electrons. The lowest BCUT2D eigenvalue weighted by Gasteiger charge is -2.35. The second-order valence-electron chi connectivity index (χ2n) is 10.8. The van der Waals surface area contributed by atoms with Crippen molar-refractivity contribution in [1.29, 1.82) is 0 Å². The Balaban J connectivity index is 1.55. The average Bonchev–Trinajstić information content (AvgIpc) is 3.35. The molecule has 2 saturated heterocycles. The van der Waals surface area contributed by atoms with E-state index in [4.69, 9.17) is 0 Å². The zero-order valence-corrected chi connectivity index (χ0v) is 21.0. The molecular weight excluding hydrogens is 454 g/mol. The van der Waals surface area contributed by atoms with Crippen molar-refractivity contribution in [2.24, 2.45) is 17.8 Å². The van der Waals surface area contributed by atoms with E-state index < -0.39 is 29.4 Å². The maximum absolute atomic E-state index is 13.9. The molecule has 4 unspecified atom stereocenters. The second kappa shape index (κ2) is 9.69. The number of rotatable bonds is 7. The molecule has 2 N–H and O–H groups in total. The monoisotopic (exact) mass is 489 g/mol. The molecule has 7 nitrogen and oxygen atoms in total. The number of fused-ring (bicyclic) bond motifs is 1. The summed E-state index contributed by atoms with van der Waals surface area (Å²) < 4.78 is 0. The number of carboxylic acids is 1. The van der Waals surface area contributed by atoms with E-state index in [1.165, 1.54) is 11.3 Å². The van der Waals surface area contributed by atoms with Crippen LogP contribution in [0.1, 0.15) is 55.7 Å². The molecule has 4 atom stereocenters. The number of aliphatic carboxylic acids is 1. The standard InChI is InChI=1S/C29H35N3O4/c1-31(2)22-15-13-21(14-16-22)25-23-24(27(34)32(26(23)33)18-20-11-7-4-8-12-20)29(30-25,28(35)36)17-19-9-5-3-6-10-19/h4,7-8,11-16,19,23-25,30H,3,5-6,9-10,17-18H2,1-2H3,(H,35,36). The van der Waals surface area contributed by atoms with E-state index in [2.05, 4.69) is 5.32 Å². The summed E-state index contributed by atoms with van der Waals surface area (Å²) in [4.78, 5) is 44.0. The molecule has 0 bridgehead atoms. The highest BCUT2D eigenvalue weighted by molar-refractivity contribution is 6.09. The van der Waals surface area contributed by atoms with E-state index >= 15 is 0 Å². The highest BCUT2D eigenvalue weighted by Gasteiger charge is 2.68. The molecule has 0 spiro atoms. The molecule has 0 aromatic heterocycles. The van der Waals surface area contributed by atoms with Gasteiger partial charge in [-0.05, 0) is 35.6 Å². The van der Waals surface area contributed by atoms with Crippen LogP contribution in [0.5, 0.6) is 0 Å². The van der Waals surface area contributed by atoms with Crippen molar-refractivity contribution >= 4 is 23.5 Å². The Hall–Kier alpha value is -3.19. The van der Waals surface area contributed by atoms with Crippen LogP contribution in [0.2, 0.25) is 0 Å². The van der Waals surface area contributed by atoms with Gasteiger partial charge in [0, 0.05) is 25.8 Å². The van der Waals surface area contributed by atoms with Crippen molar-refractivity contribution in [2.45, 2.75) is 56.7 Å². The van der Waals surface area contributed by atoms with Gasteiger partial charge >= 0.3 is 5.97 Å². The molecule has 2 heterocycles. The van der Waals surface area contributed by atoms with Gasteiger partial charge < -0.3 is 10.0 Å². The zero-order chi connectivity index (χ0) is 25.4. The number of hydrogen-bond acceptors (Lipinski definition) is 5. The van der Waals surface area contributed by atoms with Crippen LogP contribution in [0, 0.1) is 17.8 Å². The fourth-order valence-corrected chi connectivity index (χ4v) is 6.57. The van der Waals surface area contributed by atoms with Crippen LogP contribution in [0.25, 0.3) is 0 Å². The minimum Gasteiger partial charge on any atom is -0.480 e. The van der Waals surface area contributed by atoms with Gasteiger partial charge in [-0.1, -0.05) is 74.6 Å². The molecule has 1 saturated carbocycles. The number of hydrogen-bond donors (Lipinski definition) is 2. The molecule has 7 heteroatoms. The molecule has 2 aromatic carbocycles. The van der Waals surface area contributed by atoms with Crippen molar-refractivity contribution in [1.82, 2.24) is 10.2 Å². The molecule has 36 heavy (non-hydrogen) atoms. The molecular formula is C29H35N3O4. The molecule has 0 radical (unpaired) electrons. The average molecular weight is 490 g/mol. The lowest BCUT2D eigenvalue weighted by molar-refractivity contribution is -0.152. The van der Waals surface area contributed by atoms with Crippen molar-refractivity contribution in [3.8, 4) is 0 Å². The maximum Gasteiger partial charge on any atom is 0.324 e. The Morgan fingerprint density at radius 1 is 1.00 bits per heavy atom. The zero-order valence-electron chi connectivity index (χ0n) is 21.0. The van der Waals surface area contributed by atoms with E-state index in [9.17, 15) is 19.5 Å². The quantitative estimate of drug-likeness (QED) is 0.572. The Morgan fingerprint density at radius 3 is 2.28 bits per heavy atom. The summed E-state index contributed by atoms with van der Waals surface area (Å²) >= 11 is 0. The summed E-state index contributed by atoms with van der Waals surface area (Å²) in [6.07, 6.45) is 5.62. The van der Waals surface area contributed by atoms with Gasteiger partial charge in [0.2, 0.25) is 11.8 Å². The topological polar surface area (TPSA) is 90.0 Å². The highest BCUT2D eigenvalue weighted by atomic mass is 16.4. The molecule has 3 aliphatic rings. The summed E-state index contributed by atoms with van der Waals surface area (Å²) in [5, 5.41) is 14.0. The van der Waals surface area contributed by atoms with Gasteiger partial charge in [-0.3, -0.25) is 24.6 Å². The van der Waals surface area contributed by atoms with Gasteiger partial charge in [0.1, 0.15) is 5.54 Å². The van der Waals surface area contributed by atoms with Crippen LogP contribution in [-0.2, 0) is 20.9 Å². The number of nitrogens with zero attached hydrogens (tertiary/aromatic N) is 2. The third-order valence-electron chi connectivity index (χ3n) is 8.41. The molecule has 2 aliphatic heterocycles. The van der Waals surface area contributed by atoms with Crippen LogP contribution in [0.4, 0.5) is 5.69 Å². The van der Waals surface area contributed by atoms with Crippen LogP contribution in [-0.4, -0.2) is 47.4 Å². The summed E-state index contributed by atoms with van der Waals surface area (Å²) in [5.74, 6) is -3.12. The Labute approximate surface area is 212 Å². The molecule has 2 aromatic rings. The smallest absolute Gasteiger partial charge is 0.324 e. The first kappa shape index (κ1) is 24.5. The molecule has 2 amide bonds. The van der Waals surface area contributed by atoms with E-state index in [0.717, 1.165) is 42.5 Å². The predicted molar refractivity (Wildman–Crippen MR) is 137 cm³/mol. The number of benzene rings is 2. The number of anilines is 1. The van der Waals surface area contributed by atoms with E-state index in [-0.39, 0.29) is 24.3 Å². The van der Waals surface area contributed by atoms with E-state index in [1.54, 1.807) is 0 Å². The third-order valence-corrected chi connectivity index (χ3v) is 8.41. The molecule has 3 fully saturated rings. The van der Waals surface area contributed by atoms with Crippen molar-refractivity contribution in [2.75, 3.05) is 19.0 Å². The number of nitrogens with one attached hydrogen (secondary N) is 1. The Kier molecular flexibility index (Phi) is 6.60. The SMILES string of the molecule is CN(C)c1ccc(C2NC(CC3CCCCC3)(C(=O)O)C3C(=O)N(Cc4ccccc4)C(=O)C23)cc1. The first-order chi connectivity index (χ1) is 17.3. The lowest BCUT2D eigenvalue weighted by atomic mass is 9.72. The fraction of sp³-hybridized carbons (Fsp3) is 0.483. The number of carbonyl (C=O) groups excluding carboxylic acids is 2. The predicted octanol–water partition coefficient (Wildman–Crippen LogP) is 3.99. The minimum absolute atomic E-state index is 0.164. The van der Waals surface area contributed by atoms with Gasteiger partial charge in [-0.15, -0.1) is 0 Å². The van der Waals surface area contributed by atoms with Crippen LogP contribution in [0.3, 0.4) is 0 Å². The van der Waals surface area contributed by atoms with Crippen LogP contribution < -0.4 is 10.2 Å². The minimum atomic E-state index is -1.46. The molecule has 1 aliphatic carbocycles. The second-order valence-corrected chi connectivity index (χ2v) is 10.8. The highest BCUT2D eigenvalue weighted by Crippen LogP contribution is 2.52. The van der Waals surface area contributed by atoms with Gasteiger partial charge in [0.15, 0.2) is 0 Å². The number of imide groups is 1. The van der Waals surface area contributed by atoms with Crippen molar-refractivity contribution < 1.29 is 19.5 Å². The Morgan fingerprint density at radius 2 is 1.67 bits per heavy atom. The van der Waals surface area contributed by atoms with Gasteiger partial charge in [-0.2, -0.15) is 0 Å². The number of carboxylic acid groups (broad SMARTS) is 1. The fourth-order valence-electron chi connectivity index (χ4n) is 6.57. The lowest BCUT2D eigenvalue weighted by Crippen LogP contribution is -2.56. The summed E-state index contributed by atoms with van der Waals surface area (Å²) in [7, 11) is 3.91. The number of carbonyl (C=O) groups is 3. The summed E-state index contributed by atoms with van der Waals surface area (Å²) in [5.41, 5.74) is 1.24. The van der Waals surface area contributed by atoms with E-state index in [1.807, 2.05) is 73.6 Å². The van der Waals surface area contributed by atoms with Crippen molar-refractivity contribution in [3.05, 3.63) is 65.7 Å². The van der Waals surface area contributed by atoms with Gasteiger partial charge in [0.25, 0.3) is 0 Å². The summed E-state index contributed by atoms with van der Waals surface area (Å²) in [6, 6.07) is 16.7. The maximum atomic E-state index is 13.9. The number of likely N-dealkylation sites (tertiary alicyclic amines) is 1. The first-order valence-electron chi connectivity index (χ1n) is 13.0. The molecule has 5 rings (SSSR count). The van der Waals surface area contributed by atoms with Crippen LogP contribution >= 0.6 is 0 Å². The first-order valence-corrected chi connectivity index (χ1v) is 13.0. The normalized spacial score (nSPS) is 28.4. The van der Waals surface area contributed by atoms with Crippen LogP contribution in [0.15, 0.2) is 54.6 Å². The summed E-state index contributed by atoms with van der Waals surface area (Å²) in [6.45, 7) is 0.164. The number of amides is 2. The van der Waals surface area contributed by atoms with Crippen molar-refractivity contribution in [3.63, 3.8) is 0 Å². The third kappa shape index (κ3) is 4.19. The Bertz CT molecular complexity index is 1130. The van der Waals surface area contributed by atoms with Gasteiger partial charge in [-0.25, -0.2) is 0 Å². The van der Waals surface area contributed by atoms with E-state index in [0.29, 0.717) is 6.42 Å². The van der Waals surface area contributed by atoms with Gasteiger partial charge in [0.05, 0.1) is 18.4 Å².